The van der Waals surface area contributed by atoms with Crippen LogP contribution < -0.4 is 5.32 Å². The number of hydrogen-bond acceptors (Lipinski definition) is 5. The summed E-state index contributed by atoms with van der Waals surface area (Å²) in [7, 11) is 0. The lowest BCUT2D eigenvalue weighted by Gasteiger charge is -2.40. The van der Waals surface area contributed by atoms with E-state index in [-0.39, 0.29) is 35.5 Å². The fraction of sp³-hybridized carbons (Fsp3) is 0.625. The van der Waals surface area contributed by atoms with E-state index in [9.17, 15) is 18.4 Å². The van der Waals surface area contributed by atoms with Gasteiger partial charge in [0, 0.05) is 38.8 Å². The molecule has 2 fully saturated rings. The molecule has 0 bridgehead atoms. The summed E-state index contributed by atoms with van der Waals surface area (Å²) >= 11 is 0. The maximum atomic E-state index is 13.8. The summed E-state index contributed by atoms with van der Waals surface area (Å²) in [5.41, 5.74) is 1.02. The molecule has 2 unspecified atom stereocenters. The summed E-state index contributed by atoms with van der Waals surface area (Å²) in [4.78, 5) is 34.9. The predicted molar refractivity (Wildman–Crippen MR) is 124 cm³/mol. The topological polar surface area (TPSA) is 79.7 Å². The molecule has 1 N–H and O–H groups in total. The van der Waals surface area contributed by atoms with Crippen LogP contribution in [0.4, 0.5) is 8.78 Å². The van der Waals surface area contributed by atoms with E-state index in [1.165, 1.54) is 4.57 Å². The number of carbonyl (C=O) groups excluding carboxylic acids is 2. The van der Waals surface area contributed by atoms with Gasteiger partial charge in [0.25, 0.3) is 12.3 Å². The first-order valence-corrected chi connectivity index (χ1v) is 12.0. The van der Waals surface area contributed by atoms with Crippen molar-refractivity contribution in [3.63, 3.8) is 0 Å². The van der Waals surface area contributed by atoms with Crippen LogP contribution in [0.15, 0.2) is 24.3 Å². The van der Waals surface area contributed by atoms with Gasteiger partial charge in [-0.3, -0.25) is 9.59 Å². The number of para-hydroxylation sites is 2. The molecule has 2 amide bonds. The smallest absolute Gasteiger partial charge is 0.290 e. The van der Waals surface area contributed by atoms with E-state index in [1.807, 2.05) is 18.7 Å². The average Bonchev–Trinajstić information content (AvgIpc) is 3.20. The lowest BCUT2D eigenvalue weighted by Crippen LogP contribution is -2.56. The minimum atomic E-state index is -2.62. The van der Waals surface area contributed by atoms with E-state index in [2.05, 4.69) is 10.3 Å². The molecule has 3 heterocycles. The van der Waals surface area contributed by atoms with Gasteiger partial charge in [0.05, 0.1) is 36.7 Å². The number of ether oxygens (including phenoxy) is 1. The quantitative estimate of drug-likeness (QED) is 0.662. The third kappa shape index (κ3) is 5.38. The molecule has 2 aromatic rings. The minimum Gasteiger partial charge on any atom is -0.378 e. The van der Waals surface area contributed by atoms with Gasteiger partial charge in [-0.1, -0.05) is 26.0 Å². The summed E-state index contributed by atoms with van der Waals surface area (Å²) in [6.07, 6.45) is -2.09. The molecule has 8 nitrogen and oxygen atoms in total. The number of halogens is 2. The van der Waals surface area contributed by atoms with Gasteiger partial charge in [0.15, 0.2) is 5.82 Å². The molecule has 4 rings (SSSR count). The summed E-state index contributed by atoms with van der Waals surface area (Å²) in [5.74, 6) is -0.380. The van der Waals surface area contributed by atoms with Gasteiger partial charge in [0.1, 0.15) is 0 Å². The van der Waals surface area contributed by atoms with E-state index in [1.54, 1.807) is 29.2 Å². The number of benzene rings is 1. The second kappa shape index (κ2) is 10.8. The maximum Gasteiger partial charge on any atom is 0.290 e. The van der Waals surface area contributed by atoms with Gasteiger partial charge in [-0.2, -0.15) is 0 Å². The van der Waals surface area contributed by atoms with Crippen molar-refractivity contribution in [1.82, 2.24) is 24.7 Å². The Labute approximate surface area is 198 Å². The van der Waals surface area contributed by atoms with Crippen molar-refractivity contribution in [3.05, 3.63) is 30.1 Å². The van der Waals surface area contributed by atoms with Gasteiger partial charge < -0.3 is 24.4 Å². The molecular formula is C24H33F2N5O3. The first-order valence-electron chi connectivity index (χ1n) is 12.0. The highest BCUT2D eigenvalue weighted by Gasteiger charge is 2.37. The Balaban J connectivity index is 1.60. The number of alkyl halides is 2. The van der Waals surface area contributed by atoms with Gasteiger partial charge >= 0.3 is 0 Å². The van der Waals surface area contributed by atoms with Gasteiger partial charge in [-0.25, -0.2) is 13.8 Å². The number of amides is 2. The van der Waals surface area contributed by atoms with Crippen LogP contribution in [0.2, 0.25) is 0 Å². The summed E-state index contributed by atoms with van der Waals surface area (Å²) in [6.45, 7) is 7.18. The van der Waals surface area contributed by atoms with Crippen LogP contribution in [0.25, 0.3) is 11.0 Å². The van der Waals surface area contributed by atoms with Crippen molar-refractivity contribution < 1.29 is 23.1 Å². The summed E-state index contributed by atoms with van der Waals surface area (Å²) in [5, 5.41) is 3.32. The molecule has 10 heteroatoms. The van der Waals surface area contributed by atoms with E-state index in [4.69, 9.17) is 4.74 Å². The lowest BCUT2D eigenvalue weighted by atomic mass is 9.92. The van der Waals surface area contributed by atoms with E-state index >= 15 is 0 Å². The normalized spacial score (nSPS) is 21.4. The number of fused-ring (bicyclic) bond motifs is 1. The number of morpholine rings is 1. The standard InChI is InChI=1S/C24H33F2N5O3/c1-16(2)14-30(18-11-17(12-27-13-18)23(32)29-7-9-34-10-8-29)24(33)22-28-19-5-3-4-6-20(19)31(22)15-21(25)26/h3-6,16-18,21,27H,7-15H2,1-2H3. The van der Waals surface area contributed by atoms with Crippen molar-refractivity contribution >= 4 is 22.8 Å². The van der Waals surface area contributed by atoms with Crippen molar-refractivity contribution in [2.75, 3.05) is 45.9 Å². The first-order chi connectivity index (χ1) is 16.3. The second-order valence-electron chi connectivity index (χ2n) is 9.46. The monoisotopic (exact) mass is 477 g/mol. The highest BCUT2D eigenvalue weighted by Crippen LogP contribution is 2.24. The zero-order valence-corrected chi connectivity index (χ0v) is 19.8. The van der Waals surface area contributed by atoms with Crippen molar-refractivity contribution in [3.8, 4) is 0 Å². The number of piperidine rings is 1. The van der Waals surface area contributed by atoms with E-state index < -0.39 is 13.0 Å². The molecule has 186 valence electrons. The highest BCUT2D eigenvalue weighted by molar-refractivity contribution is 5.95. The van der Waals surface area contributed by atoms with Crippen molar-refractivity contribution in [2.24, 2.45) is 11.8 Å². The number of carbonyl (C=O) groups is 2. The molecule has 1 aromatic carbocycles. The van der Waals surface area contributed by atoms with Gasteiger partial charge in [-0.05, 0) is 24.5 Å². The summed E-state index contributed by atoms with van der Waals surface area (Å²) in [6, 6.07) is 6.71. The fourth-order valence-electron chi connectivity index (χ4n) is 4.87. The molecule has 2 aliphatic heterocycles. The van der Waals surface area contributed by atoms with Crippen LogP contribution in [0.1, 0.15) is 30.9 Å². The maximum absolute atomic E-state index is 13.8. The summed E-state index contributed by atoms with van der Waals surface area (Å²) < 4.78 is 33.5. The molecule has 2 atom stereocenters. The van der Waals surface area contributed by atoms with E-state index in [0.29, 0.717) is 63.4 Å². The highest BCUT2D eigenvalue weighted by atomic mass is 19.3. The second-order valence-corrected chi connectivity index (χ2v) is 9.46. The zero-order valence-electron chi connectivity index (χ0n) is 19.8. The Hall–Kier alpha value is -2.59. The molecule has 0 radical (unpaired) electrons. The Morgan fingerprint density at radius 2 is 1.94 bits per heavy atom. The largest absolute Gasteiger partial charge is 0.378 e. The van der Waals surface area contributed by atoms with Crippen molar-refractivity contribution in [2.45, 2.75) is 39.3 Å². The van der Waals surface area contributed by atoms with Crippen LogP contribution >= 0.6 is 0 Å². The molecule has 1 aromatic heterocycles. The van der Waals surface area contributed by atoms with Gasteiger partial charge in [-0.15, -0.1) is 0 Å². The van der Waals surface area contributed by atoms with Gasteiger partial charge in [0.2, 0.25) is 5.91 Å². The Bertz CT molecular complexity index is 1010. The molecule has 0 saturated carbocycles. The third-order valence-corrected chi connectivity index (χ3v) is 6.43. The van der Waals surface area contributed by atoms with E-state index in [0.717, 1.165) is 0 Å². The predicted octanol–water partition coefficient (Wildman–Crippen LogP) is 2.24. The van der Waals surface area contributed by atoms with Crippen LogP contribution in [0, 0.1) is 11.8 Å². The first kappa shape index (κ1) is 24.5. The Morgan fingerprint density at radius 3 is 2.65 bits per heavy atom. The third-order valence-electron chi connectivity index (χ3n) is 6.43. The van der Waals surface area contributed by atoms with Crippen molar-refractivity contribution in [1.29, 1.82) is 0 Å². The number of nitrogens with zero attached hydrogens (tertiary/aromatic N) is 4. The zero-order chi connectivity index (χ0) is 24.2. The Morgan fingerprint density at radius 1 is 1.21 bits per heavy atom. The SMILES string of the molecule is CC(C)CN(C(=O)c1nc2ccccc2n1CC(F)F)C1CNCC(C(=O)N2CCOCC2)C1. The molecule has 2 aliphatic rings. The number of rotatable bonds is 7. The molecule has 2 saturated heterocycles. The number of imidazole rings is 1. The molecule has 0 spiro atoms. The molecule has 0 aliphatic carbocycles. The number of aromatic nitrogens is 2. The molecule has 34 heavy (non-hydrogen) atoms. The number of nitrogens with one attached hydrogen (secondary N) is 1. The Kier molecular flexibility index (Phi) is 7.77. The van der Waals surface area contributed by atoms with Crippen LogP contribution in [0.3, 0.4) is 0 Å². The van der Waals surface area contributed by atoms with Crippen LogP contribution in [-0.4, -0.2) is 89.6 Å². The van der Waals surface area contributed by atoms with Crippen LogP contribution in [0.5, 0.6) is 0 Å². The fourth-order valence-corrected chi connectivity index (χ4v) is 4.87. The average molecular weight is 478 g/mol. The lowest BCUT2D eigenvalue weighted by molar-refractivity contribution is -0.140. The molecular weight excluding hydrogens is 444 g/mol. The minimum absolute atomic E-state index is 0.0174. The van der Waals surface area contributed by atoms with Crippen LogP contribution in [-0.2, 0) is 16.1 Å². The number of hydrogen-bond donors (Lipinski definition) is 1.